The summed E-state index contributed by atoms with van der Waals surface area (Å²) in [4.78, 5) is 5.24. The molecule has 4 aliphatic rings. The van der Waals surface area contributed by atoms with Crippen LogP contribution < -0.4 is 25.6 Å². The zero-order chi connectivity index (χ0) is 38.3. The lowest BCUT2D eigenvalue weighted by molar-refractivity contribution is 0.695. The third-order valence-electron chi connectivity index (χ3n) is 13.6. The molecule has 0 atom stereocenters. The number of fused-ring (bicyclic) bond motifs is 20. The highest BCUT2D eigenvalue weighted by molar-refractivity contribution is 7.99. The molecule has 2 spiro atoms. The van der Waals surface area contributed by atoms with Gasteiger partial charge in [0.1, 0.15) is 0 Å². The Bertz CT molecular complexity index is 3170. The van der Waals surface area contributed by atoms with E-state index in [0.717, 1.165) is 0 Å². The average Bonchev–Trinajstić information content (AvgIpc) is 3.72. The minimum Gasteiger partial charge on any atom is -0.310 e. The van der Waals surface area contributed by atoms with Crippen molar-refractivity contribution in [2.24, 2.45) is 0 Å². The summed E-state index contributed by atoms with van der Waals surface area (Å²) in [5.74, 6) is 0. The van der Waals surface area contributed by atoms with Crippen molar-refractivity contribution in [2.45, 2.75) is 29.1 Å². The lowest BCUT2D eigenvalue weighted by atomic mass is 9.62. The first-order chi connectivity index (χ1) is 28.6. The molecule has 0 saturated carbocycles. The van der Waals surface area contributed by atoms with Crippen LogP contribution in [0.5, 0.6) is 0 Å². The molecule has 9 aromatic carbocycles. The minimum absolute atomic E-state index is 0.508. The van der Waals surface area contributed by atoms with E-state index in [1.54, 1.807) is 0 Å². The van der Waals surface area contributed by atoms with Crippen LogP contribution >= 0.6 is 11.8 Å². The number of hydrogen-bond acceptors (Lipinski definition) is 2. The van der Waals surface area contributed by atoms with E-state index in [1.165, 1.54) is 114 Å². The molecule has 0 radical (unpaired) electrons. The number of anilines is 3. The highest BCUT2D eigenvalue weighted by Crippen LogP contribution is 2.63. The predicted octanol–water partition coefficient (Wildman–Crippen LogP) is 11.4. The summed E-state index contributed by atoms with van der Waals surface area (Å²) in [6.07, 6.45) is 0. The molecule has 3 heteroatoms. The summed E-state index contributed by atoms with van der Waals surface area (Å²) in [6.45, 7) is 4.52. The maximum atomic E-state index is 2.60. The highest BCUT2D eigenvalue weighted by Gasteiger charge is 2.55. The third kappa shape index (κ3) is 3.93. The predicted molar refractivity (Wildman–Crippen MR) is 246 cm³/mol. The Labute approximate surface area is 344 Å². The van der Waals surface area contributed by atoms with E-state index in [0.29, 0.717) is 0 Å². The van der Waals surface area contributed by atoms with Crippen LogP contribution in [-0.2, 0) is 5.41 Å². The van der Waals surface area contributed by atoms with Crippen LogP contribution in [0, 0.1) is 13.8 Å². The topological polar surface area (TPSA) is 3.24 Å². The SMILES string of the molecule is Cc1ccc2c(c1)[Si]1(c3ccccc3-c3ccc(N4c5ccccc5C5(c6ccccc6Sc6c5ccc5ccccc65)c5ccccc54)cc31)c1cc(C)ccc1-2. The van der Waals surface area contributed by atoms with Crippen molar-refractivity contribution in [3.63, 3.8) is 0 Å². The molecule has 4 aliphatic heterocycles. The van der Waals surface area contributed by atoms with Crippen molar-refractivity contribution in [3.05, 3.63) is 221 Å². The second-order valence-corrected chi connectivity index (χ2v) is 21.2. The highest BCUT2D eigenvalue weighted by atomic mass is 32.2. The van der Waals surface area contributed by atoms with Gasteiger partial charge >= 0.3 is 0 Å². The van der Waals surface area contributed by atoms with Crippen molar-refractivity contribution < 1.29 is 0 Å². The summed E-state index contributed by atoms with van der Waals surface area (Å²) >= 11 is 1.93. The molecule has 272 valence electrons. The zero-order valence-corrected chi connectivity index (χ0v) is 34.1. The van der Waals surface area contributed by atoms with Crippen LogP contribution in [0.4, 0.5) is 17.1 Å². The quantitative estimate of drug-likeness (QED) is 0.153. The zero-order valence-electron chi connectivity index (χ0n) is 32.3. The fourth-order valence-electron chi connectivity index (χ4n) is 11.4. The smallest absolute Gasteiger partial charge is 0.182 e. The van der Waals surface area contributed by atoms with Gasteiger partial charge in [-0.2, -0.15) is 0 Å². The van der Waals surface area contributed by atoms with Gasteiger partial charge in [0.2, 0.25) is 0 Å². The van der Waals surface area contributed by atoms with Crippen LogP contribution in [-0.4, -0.2) is 8.07 Å². The first-order valence-electron chi connectivity index (χ1n) is 20.3. The van der Waals surface area contributed by atoms with Crippen molar-refractivity contribution in [2.75, 3.05) is 4.90 Å². The number of benzene rings is 9. The lowest BCUT2D eigenvalue weighted by Crippen LogP contribution is -2.70. The number of aryl methyl sites for hydroxylation is 2. The normalized spacial score (nSPS) is 15.2. The Hall–Kier alpha value is -6.39. The van der Waals surface area contributed by atoms with E-state index < -0.39 is 13.5 Å². The molecular formula is C55H37NSSi. The van der Waals surface area contributed by atoms with E-state index >= 15 is 0 Å². The molecule has 0 saturated heterocycles. The molecule has 1 nitrogen and oxygen atoms in total. The summed E-state index contributed by atoms with van der Waals surface area (Å²) in [5, 5.41) is 8.64. The molecule has 0 aromatic heterocycles. The van der Waals surface area contributed by atoms with Crippen LogP contribution in [0.15, 0.2) is 198 Å². The molecule has 4 heterocycles. The van der Waals surface area contributed by atoms with Crippen LogP contribution in [0.1, 0.15) is 33.4 Å². The van der Waals surface area contributed by atoms with E-state index in [-0.39, 0.29) is 0 Å². The molecule has 58 heavy (non-hydrogen) atoms. The first-order valence-corrected chi connectivity index (χ1v) is 23.2. The Morgan fingerprint density at radius 3 is 1.71 bits per heavy atom. The molecule has 0 aliphatic carbocycles. The van der Waals surface area contributed by atoms with E-state index in [2.05, 4.69) is 207 Å². The number of hydrogen-bond donors (Lipinski definition) is 0. The maximum Gasteiger partial charge on any atom is 0.182 e. The van der Waals surface area contributed by atoms with Gasteiger partial charge in [0.15, 0.2) is 8.07 Å². The van der Waals surface area contributed by atoms with Gasteiger partial charge in [-0.25, -0.2) is 0 Å². The van der Waals surface area contributed by atoms with E-state index in [9.17, 15) is 0 Å². The summed E-state index contributed by atoms with van der Waals surface area (Å²) in [5.41, 5.74) is 16.7. The monoisotopic (exact) mass is 771 g/mol. The summed E-state index contributed by atoms with van der Waals surface area (Å²) in [7, 11) is -2.68. The number of nitrogens with zero attached hydrogens (tertiary/aromatic N) is 1. The van der Waals surface area contributed by atoms with Crippen molar-refractivity contribution >= 4 is 68.4 Å². The van der Waals surface area contributed by atoms with Crippen molar-refractivity contribution in [3.8, 4) is 22.3 Å². The second-order valence-electron chi connectivity index (χ2n) is 16.5. The van der Waals surface area contributed by atoms with E-state index in [1.807, 2.05) is 11.8 Å². The van der Waals surface area contributed by atoms with Gasteiger partial charge < -0.3 is 4.90 Å². The fourth-order valence-corrected chi connectivity index (χ4v) is 18.6. The molecular weight excluding hydrogens is 735 g/mol. The van der Waals surface area contributed by atoms with Gasteiger partial charge in [0.05, 0.1) is 16.8 Å². The van der Waals surface area contributed by atoms with Gasteiger partial charge in [-0.05, 0) is 120 Å². The molecule has 0 unspecified atom stereocenters. The molecule has 0 N–H and O–H groups in total. The maximum absolute atomic E-state index is 2.68. The van der Waals surface area contributed by atoms with Crippen molar-refractivity contribution in [1.82, 2.24) is 0 Å². The standard InChI is InChI=1S/C55H37NSSi/c1-34-23-27-40-41-28-24-35(2)32-52(41)58(51(40)31-34)50-22-12-5-15-39(50)42-29-26-37(33-53(42)58)56-47-19-9-6-16-43(47)55(44-17-7-10-20-48(44)56)45-18-8-11-21-49(45)57-54-38-14-4-3-13-36(38)25-30-46(54)55/h3-33H,1-2H3. The van der Waals surface area contributed by atoms with Gasteiger partial charge in [0.25, 0.3) is 0 Å². The first kappa shape index (κ1) is 32.7. The Balaban J connectivity index is 1.11. The molecule has 0 amide bonds. The van der Waals surface area contributed by atoms with Crippen molar-refractivity contribution in [1.29, 1.82) is 0 Å². The summed E-state index contributed by atoms with van der Waals surface area (Å²) in [6, 6.07) is 72.4. The molecule has 9 aromatic rings. The van der Waals surface area contributed by atoms with Crippen LogP contribution in [0.25, 0.3) is 33.0 Å². The number of rotatable bonds is 1. The third-order valence-corrected chi connectivity index (χ3v) is 19.7. The van der Waals surface area contributed by atoms with Gasteiger partial charge in [-0.15, -0.1) is 0 Å². The minimum atomic E-state index is -2.68. The second kappa shape index (κ2) is 11.6. The Kier molecular flexibility index (Phi) is 6.53. The fraction of sp³-hybridized carbons (Fsp3) is 0.0545. The van der Waals surface area contributed by atoms with Gasteiger partial charge in [-0.1, -0.05) is 181 Å². The van der Waals surface area contributed by atoms with Crippen LogP contribution in [0.2, 0.25) is 0 Å². The summed E-state index contributed by atoms with van der Waals surface area (Å²) < 4.78 is 0. The Morgan fingerprint density at radius 2 is 0.983 bits per heavy atom. The Morgan fingerprint density at radius 1 is 0.431 bits per heavy atom. The van der Waals surface area contributed by atoms with Crippen LogP contribution in [0.3, 0.4) is 0 Å². The van der Waals surface area contributed by atoms with Gasteiger partial charge in [-0.3, -0.25) is 0 Å². The van der Waals surface area contributed by atoms with E-state index in [4.69, 9.17) is 0 Å². The van der Waals surface area contributed by atoms with Gasteiger partial charge in [0, 0.05) is 15.5 Å². The molecule has 13 rings (SSSR count). The molecule has 0 fully saturated rings. The molecule has 0 bridgehead atoms. The average molecular weight is 772 g/mol. The lowest BCUT2D eigenvalue weighted by Gasteiger charge is -2.49. The number of para-hydroxylation sites is 2. The largest absolute Gasteiger partial charge is 0.310 e.